The number of nitrogens with two attached hydrogens (primary N) is 4. The van der Waals surface area contributed by atoms with Crippen LogP contribution in [0, 0.1) is 0 Å². The van der Waals surface area contributed by atoms with Crippen molar-refractivity contribution in [3.8, 4) is 5.75 Å². The summed E-state index contributed by atoms with van der Waals surface area (Å²) in [5.41, 5.74) is 25.8. The molecule has 1 aromatic carbocycles. The number of ether oxygens (including phenoxy) is 1. The van der Waals surface area contributed by atoms with Gasteiger partial charge in [0.2, 0.25) is 0 Å². The van der Waals surface area contributed by atoms with Gasteiger partial charge in [-0.25, -0.2) is 0 Å². The maximum atomic E-state index is 6.49. The van der Waals surface area contributed by atoms with Crippen molar-refractivity contribution >= 4 is 0 Å². The highest BCUT2D eigenvalue weighted by molar-refractivity contribution is 5.36. The van der Waals surface area contributed by atoms with Gasteiger partial charge in [-0.15, -0.1) is 0 Å². The van der Waals surface area contributed by atoms with Crippen LogP contribution in [0.5, 0.6) is 5.75 Å². The van der Waals surface area contributed by atoms with Crippen molar-refractivity contribution in [1.29, 1.82) is 0 Å². The maximum absolute atomic E-state index is 6.49. The van der Waals surface area contributed by atoms with E-state index in [-0.39, 0.29) is 0 Å². The van der Waals surface area contributed by atoms with Crippen molar-refractivity contribution in [2.75, 3.05) is 39.3 Å². The largest absolute Gasteiger partial charge is 0.490 e. The minimum Gasteiger partial charge on any atom is -0.490 e. The van der Waals surface area contributed by atoms with Crippen molar-refractivity contribution in [2.45, 2.75) is 88.8 Å². The van der Waals surface area contributed by atoms with Gasteiger partial charge in [0.05, 0.1) is 6.10 Å². The Morgan fingerprint density at radius 1 is 0.727 bits per heavy atom. The molecule has 0 saturated heterocycles. The lowest BCUT2D eigenvalue weighted by molar-refractivity contribution is 0.154. The fourth-order valence-electron chi connectivity index (χ4n) is 4.75. The van der Waals surface area contributed by atoms with Gasteiger partial charge in [0.25, 0.3) is 0 Å². The Morgan fingerprint density at radius 3 is 1.70 bits per heavy atom. The Labute approximate surface area is 201 Å². The van der Waals surface area contributed by atoms with Gasteiger partial charge in [-0.1, -0.05) is 12.5 Å². The monoisotopic (exact) mass is 462 g/mol. The highest BCUT2D eigenvalue weighted by Crippen LogP contribution is 2.26. The van der Waals surface area contributed by atoms with E-state index in [1.807, 2.05) is 0 Å². The molecule has 2 atom stereocenters. The molecule has 2 unspecified atom stereocenters. The van der Waals surface area contributed by atoms with Crippen molar-refractivity contribution in [2.24, 2.45) is 22.9 Å². The molecule has 0 spiro atoms. The fraction of sp³-hybridized carbons (Fsp3) is 0.769. The van der Waals surface area contributed by atoms with Gasteiger partial charge in [-0.3, -0.25) is 0 Å². The van der Waals surface area contributed by atoms with Gasteiger partial charge in [0, 0.05) is 12.1 Å². The predicted molar refractivity (Wildman–Crippen MR) is 140 cm³/mol. The Bertz CT molecular complexity index is 583. The molecular formula is C26H50N6O. The molecule has 7 heteroatoms. The molecule has 0 aliphatic heterocycles. The molecule has 0 radical (unpaired) electrons. The maximum Gasteiger partial charge on any atom is 0.120 e. The van der Waals surface area contributed by atoms with Crippen LogP contribution in [0.3, 0.4) is 0 Å². The minimum atomic E-state index is 0.340. The van der Waals surface area contributed by atoms with Gasteiger partial charge >= 0.3 is 0 Å². The molecule has 10 N–H and O–H groups in total. The van der Waals surface area contributed by atoms with E-state index < -0.39 is 0 Å². The van der Waals surface area contributed by atoms with Crippen LogP contribution >= 0.6 is 0 Å². The predicted octanol–water partition coefficient (Wildman–Crippen LogP) is 1.79. The number of benzene rings is 1. The zero-order valence-corrected chi connectivity index (χ0v) is 20.7. The molecule has 1 fully saturated rings. The average molecular weight is 463 g/mol. The van der Waals surface area contributed by atoms with Crippen LogP contribution in [-0.2, 0) is 12.8 Å². The second-order valence-electron chi connectivity index (χ2n) is 9.51. The molecule has 1 aliphatic rings. The molecular weight excluding hydrogens is 412 g/mol. The Hall–Kier alpha value is -1.22. The molecule has 1 saturated carbocycles. The summed E-state index contributed by atoms with van der Waals surface area (Å²) >= 11 is 0. The van der Waals surface area contributed by atoms with Crippen LogP contribution in [-0.4, -0.2) is 57.5 Å². The van der Waals surface area contributed by atoms with E-state index in [0.717, 1.165) is 70.2 Å². The summed E-state index contributed by atoms with van der Waals surface area (Å²) in [7, 11) is 0. The summed E-state index contributed by atoms with van der Waals surface area (Å²) < 4.78 is 6.49. The second kappa shape index (κ2) is 17.2. The van der Waals surface area contributed by atoms with Gasteiger partial charge < -0.3 is 38.3 Å². The third kappa shape index (κ3) is 11.7. The SMILES string of the molecule is NCCCNC(CCN)Cc1cc(CC(CCN)NCCCN)cc(OC2CCCCC2)c1. The van der Waals surface area contributed by atoms with E-state index in [4.69, 9.17) is 27.7 Å². The van der Waals surface area contributed by atoms with Crippen molar-refractivity contribution < 1.29 is 4.74 Å². The lowest BCUT2D eigenvalue weighted by atomic mass is 9.96. The molecule has 2 rings (SSSR count). The molecule has 0 heterocycles. The lowest BCUT2D eigenvalue weighted by Gasteiger charge is -2.25. The zero-order chi connectivity index (χ0) is 23.7. The van der Waals surface area contributed by atoms with E-state index in [9.17, 15) is 0 Å². The quantitative estimate of drug-likeness (QED) is 0.183. The zero-order valence-electron chi connectivity index (χ0n) is 20.7. The second-order valence-corrected chi connectivity index (χ2v) is 9.51. The third-order valence-corrected chi connectivity index (χ3v) is 6.50. The summed E-state index contributed by atoms with van der Waals surface area (Å²) in [6, 6.07) is 7.53. The van der Waals surface area contributed by atoms with Crippen LogP contribution in [0.4, 0.5) is 0 Å². The fourth-order valence-corrected chi connectivity index (χ4v) is 4.75. The van der Waals surface area contributed by atoms with E-state index in [2.05, 4.69) is 28.8 Å². The molecule has 1 aliphatic carbocycles. The highest BCUT2D eigenvalue weighted by Gasteiger charge is 2.17. The van der Waals surface area contributed by atoms with Crippen molar-refractivity contribution in [3.05, 3.63) is 29.3 Å². The molecule has 0 amide bonds. The molecule has 1 aromatic rings. The van der Waals surface area contributed by atoms with Crippen LogP contribution in [0.15, 0.2) is 18.2 Å². The summed E-state index contributed by atoms with van der Waals surface area (Å²) in [6.45, 7) is 4.61. The Morgan fingerprint density at radius 2 is 1.24 bits per heavy atom. The molecule has 190 valence electrons. The van der Waals surface area contributed by atoms with E-state index in [1.165, 1.54) is 30.4 Å². The van der Waals surface area contributed by atoms with Gasteiger partial charge in [0.15, 0.2) is 0 Å². The normalized spacial score (nSPS) is 16.6. The van der Waals surface area contributed by atoms with E-state index in [1.54, 1.807) is 0 Å². The first-order chi connectivity index (χ1) is 16.2. The smallest absolute Gasteiger partial charge is 0.120 e. The first kappa shape index (κ1) is 28.0. The average Bonchev–Trinajstić information content (AvgIpc) is 2.80. The highest BCUT2D eigenvalue weighted by atomic mass is 16.5. The standard InChI is InChI=1S/C26H50N6O/c27-10-4-14-31-23(8-12-29)17-21-16-22(18-24(9-13-30)32-15-5-11-28)20-26(19-21)33-25-6-2-1-3-7-25/h16,19-20,23-25,31-32H,1-15,17-18,27-30H2. The van der Waals surface area contributed by atoms with Gasteiger partial charge in [-0.05, 0) is 127 Å². The molecule has 33 heavy (non-hydrogen) atoms. The number of nitrogens with one attached hydrogen (secondary N) is 2. The first-order valence-corrected chi connectivity index (χ1v) is 13.2. The molecule has 0 aromatic heterocycles. The van der Waals surface area contributed by atoms with Crippen molar-refractivity contribution in [1.82, 2.24) is 10.6 Å². The van der Waals surface area contributed by atoms with Crippen LogP contribution < -0.4 is 38.3 Å². The number of hydrogen-bond acceptors (Lipinski definition) is 7. The molecule has 0 bridgehead atoms. The minimum absolute atomic E-state index is 0.340. The number of rotatable bonds is 18. The van der Waals surface area contributed by atoms with Crippen molar-refractivity contribution in [3.63, 3.8) is 0 Å². The summed E-state index contributed by atoms with van der Waals surface area (Å²) in [5, 5.41) is 7.29. The topological polar surface area (TPSA) is 137 Å². The van der Waals surface area contributed by atoms with E-state index >= 15 is 0 Å². The van der Waals surface area contributed by atoms with Gasteiger partial charge in [-0.2, -0.15) is 0 Å². The summed E-state index contributed by atoms with van der Waals surface area (Å²) in [6.07, 6.45) is 12.3. The third-order valence-electron chi connectivity index (χ3n) is 6.50. The van der Waals surface area contributed by atoms with Gasteiger partial charge in [0.1, 0.15) is 5.75 Å². The van der Waals surface area contributed by atoms with Crippen LogP contribution in [0.2, 0.25) is 0 Å². The lowest BCUT2D eigenvalue weighted by Crippen LogP contribution is -2.35. The summed E-state index contributed by atoms with van der Waals surface area (Å²) in [5.74, 6) is 1.01. The first-order valence-electron chi connectivity index (χ1n) is 13.2. The van der Waals surface area contributed by atoms with Crippen LogP contribution in [0.25, 0.3) is 0 Å². The Kier molecular flexibility index (Phi) is 14.6. The van der Waals surface area contributed by atoms with E-state index in [0.29, 0.717) is 44.4 Å². The summed E-state index contributed by atoms with van der Waals surface area (Å²) in [4.78, 5) is 0. The Balaban J connectivity index is 2.16. The van der Waals surface area contributed by atoms with Crippen LogP contribution in [0.1, 0.15) is 68.9 Å². The number of hydrogen-bond donors (Lipinski definition) is 6. The molecule has 7 nitrogen and oxygen atoms in total.